The van der Waals surface area contributed by atoms with Crippen molar-refractivity contribution in [2.75, 3.05) is 11.9 Å². The predicted octanol–water partition coefficient (Wildman–Crippen LogP) is 6.73. The van der Waals surface area contributed by atoms with E-state index >= 15 is 0 Å². The van der Waals surface area contributed by atoms with Gasteiger partial charge in [-0.2, -0.15) is 21.6 Å². The summed E-state index contributed by atoms with van der Waals surface area (Å²) in [6.07, 6.45) is -3.81. The van der Waals surface area contributed by atoms with E-state index in [0.717, 1.165) is 30.2 Å². The monoisotopic (exact) mass is 534 g/mol. The zero-order valence-corrected chi connectivity index (χ0v) is 21.6. The molecule has 1 N–H and O–H groups in total. The normalized spacial score (nSPS) is 11.9. The number of carbonyl (C=O) groups is 1. The number of nitrogens with one attached hydrogen (secondary N) is 1. The molecule has 0 aliphatic heterocycles. The van der Waals surface area contributed by atoms with Crippen LogP contribution in [0.4, 0.5) is 23.7 Å². The van der Waals surface area contributed by atoms with Crippen molar-refractivity contribution < 1.29 is 30.6 Å². The zero-order valence-electron chi connectivity index (χ0n) is 20.7. The molecule has 0 aromatic heterocycles. The molecule has 3 aromatic rings. The van der Waals surface area contributed by atoms with Crippen molar-refractivity contribution in [3.63, 3.8) is 0 Å². The van der Waals surface area contributed by atoms with E-state index in [4.69, 9.17) is 4.18 Å². The highest BCUT2D eigenvalue weighted by Crippen LogP contribution is 2.31. The number of benzene rings is 3. The van der Waals surface area contributed by atoms with Gasteiger partial charge in [-0.15, -0.1) is 0 Å². The van der Waals surface area contributed by atoms with Crippen molar-refractivity contribution in [3.8, 4) is 5.75 Å². The van der Waals surface area contributed by atoms with Crippen LogP contribution in [0.25, 0.3) is 0 Å². The molecule has 3 rings (SSSR count). The molecule has 0 bridgehead atoms. The molecule has 0 unspecified atom stereocenters. The van der Waals surface area contributed by atoms with Crippen LogP contribution >= 0.6 is 0 Å². The summed E-state index contributed by atoms with van der Waals surface area (Å²) in [6, 6.07) is 16.7. The van der Waals surface area contributed by atoms with Gasteiger partial charge in [0.05, 0.1) is 5.56 Å². The minimum absolute atomic E-state index is 0.0741. The van der Waals surface area contributed by atoms with E-state index in [2.05, 4.69) is 5.32 Å². The van der Waals surface area contributed by atoms with E-state index in [9.17, 15) is 26.4 Å². The van der Waals surface area contributed by atoms with Gasteiger partial charge in [0, 0.05) is 18.8 Å². The lowest BCUT2D eigenvalue weighted by molar-refractivity contribution is -0.137. The quantitative estimate of drug-likeness (QED) is 0.309. The van der Waals surface area contributed by atoms with Gasteiger partial charge in [-0.05, 0) is 65.9 Å². The summed E-state index contributed by atoms with van der Waals surface area (Å²) in [5, 5.41) is 2.88. The lowest BCUT2D eigenvalue weighted by Gasteiger charge is -2.25. The third kappa shape index (κ3) is 7.98. The van der Waals surface area contributed by atoms with Crippen LogP contribution in [0, 0.1) is 5.92 Å². The van der Waals surface area contributed by atoms with Crippen molar-refractivity contribution in [2.45, 2.75) is 44.8 Å². The highest BCUT2D eigenvalue weighted by atomic mass is 32.2. The van der Waals surface area contributed by atoms with Crippen molar-refractivity contribution in [1.29, 1.82) is 0 Å². The molecule has 37 heavy (non-hydrogen) atoms. The molecule has 0 aliphatic carbocycles. The van der Waals surface area contributed by atoms with E-state index < -0.39 is 26.8 Å². The van der Waals surface area contributed by atoms with Gasteiger partial charge >= 0.3 is 22.3 Å². The number of hydrogen-bond donors (Lipinski definition) is 1. The molecule has 0 saturated heterocycles. The fraction of sp³-hybridized carbons (Fsp3) is 0.296. The van der Waals surface area contributed by atoms with Gasteiger partial charge in [0.2, 0.25) is 0 Å². The van der Waals surface area contributed by atoms with Crippen molar-refractivity contribution in [2.24, 2.45) is 5.92 Å². The van der Waals surface area contributed by atoms with Crippen LogP contribution in [0.2, 0.25) is 0 Å². The van der Waals surface area contributed by atoms with Crippen LogP contribution < -0.4 is 9.50 Å². The second-order valence-corrected chi connectivity index (χ2v) is 10.5. The average Bonchev–Trinajstić information content (AvgIpc) is 2.83. The van der Waals surface area contributed by atoms with Gasteiger partial charge < -0.3 is 14.4 Å². The topological polar surface area (TPSA) is 75.7 Å². The van der Waals surface area contributed by atoms with Crippen LogP contribution in [-0.4, -0.2) is 25.9 Å². The van der Waals surface area contributed by atoms with Gasteiger partial charge in [-0.1, -0.05) is 51.1 Å². The van der Waals surface area contributed by atoms with E-state index in [-0.39, 0.29) is 24.2 Å². The van der Waals surface area contributed by atoms with Gasteiger partial charge in [-0.3, -0.25) is 0 Å². The molecule has 0 spiro atoms. The third-order valence-electron chi connectivity index (χ3n) is 5.41. The summed E-state index contributed by atoms with van der Waals surface area (Å²) >= 11 is 0. The average molecular weight is 535 g/mol. The Balaban J connectivity index is 1.77. The summed E-state index contributed by atoms with van der Waals surface area (Å²) in [5.41, 5.74) is 1.30. The Labute approximate surface area is 215 Å². The summed E-state index contributed by atoms with van der Waals surface area (Å²) in [7, 11) is -4.52. The maximum atomic E-state index is 13.0. The first-order chi connectivity index (χ1) is 17.4. The molecule has 0 saturated carbocycles. The highest BCUT2D eigenvalue weighted by Gasteiger charge is 2.32. The minimum Gasteiger partial charge on any atom is -0.379 e. The lowest BCUT2D eigenvalue weighted by Crippen LogP contribution is -2.37. The Morgan fingerprint density at radius 1 is 0.973 bits per heavy atom. The van der Waals surface area contributed by atoms with Crippen LogP contribution in [0.1, 0.15) is 37.5 Å². The first-order valence-electron chi connectivity index (χ1n) is 11.7. The molecule has 3 aromatic carbocycles. The van der Waals surface area contributed by atoms with Crippen molar-refractivity contribution in [3.05, 3.63) is 89.5 Å². The van der Waals surface area contributed by atoms with Crippen molar-refractivity contribution >= 4 is 21.8 Å². The van der Waals surface area contributed by atoms with E-state index in [1.54, 1.807) is 17.0 Å². The molecule has 0 radical (unpaired) electrons. The Hall–Kier alpha value is -3.53. The summed E-state index contributed by atoms with van der Waals surface area (Å²) in [6.45, 7) is 6.58. The number of anilines is 1. The van der Waals surface area contributed by atoms with Crippen LogP contribution in [0.15, 0.2) is 77.7 Å². The Morgan fingerprint density at radius 2 is 1.65 bits per heavy atom. The minimum atomic E-state index is -4.69. The molecule has 0 atom stereocenters. The SMILES string of the molecule is CCc1ccc(NC(=O)N(Cc2cccc(OS(=O)(=O)c3cccc(C(F)(F)F)c3)c2)CC(C)C)cc1. The largest absolute Gasteiger partial charge is 0.416 e. The van der Waals surface area contributed by atoms with E-state index in [1.807, 2.05) is 45.0 Å². The number of nitrogens with zero attached hydrogens (tertiary/aromatic N) is 1. The summed E-state index contributed by atoms with van der Waals surface area (Å²) in [5.74, 6) is 0.0870. The van der Waals surface area contributed by atoms with Crippen molar-refractivity contribution in [1.82, 2.24) is 4.90 Å². The highest BCUT2D eigenvalue weighted by molar-refractivity contribution is 7.87. The second kappa shape index (κ2) is 11.7. The van der Waals surface area contributed by atoms with E-state index in [0.29, 0.717) is 23.9 Å². The molecule has 10 heteroatoms. The number of amides is 2. The van der Waals surface area contributed by atoms with Gasteiger partial charge in [0.15, 0.2) is 0 Å². The number of alkyl halides is 3. The van der Waals surface area contributed by atoms with Crippen LogP contribution in [-0.2, 0) is 29.3 Å². The Bertz CT molecular complexity index is 1320. The number of halogens is 3. The molecule has 0 fully saturated rings. The molecule has 198 valence electrons. The lowest BCUT2D eigenvalue weighted by atomic mass is 10.1. The molecule has 2 amide bonds. The third-order valence-corrected chi connectivity index (χ3v) is 6.66. The summed E-state index contributed by atoms with van der Waals surface area (Å²) in [4.78, 5) is 14.0. The van der Waals surface area contributed by atoms with Gasteiger partial charge in [0.25, 0.3) is 0 Å². The number of carbonyl (C=O) groups excluding carboxylic acids is 1. The molecule has 6 nitrogen and oxygen atoms in total. The number of rotatable bonds is 9. The standard InChI is InChI=1S/C27H29F3N2O4S/c1-4-20-11-13-23(14-12-20)31-26(33)32(17-19(2)3)18-21-7-5-9-24(15-21)36-37(34,35)25-10-6-8-22(16-25)27(28,29)30/h5-16,19H,4,17-18H2,1-3H3,(H,31,33). The zero-order chi connectivity index (χ0) is 27.2. The Kier molecular flexibility index (Phi) is 8.85. The number of aryl methyl sites for hydroxylation is 1. The molecule has 0 aliphatic rings. The first kappa shape index (κ1) is 28.0. The second-order valence-electron chi connectivity index (χ2n) is 8.97. The van der Waals surface area contributed by atoms with Crippen LogP contribution in [0.3, 0.4) is 0 Å². The number of urea groups is 1. The first-order valence-corrected chi connectivity index (χ1v) is 13.1. The van der Waals surface area contributed by atoms with Gasteiger partial charge in [-0.25, -0.2) is 4.79 Å². The summed E-state index contributed by atoms with van der Waals surface area (Å²) < 4.78 is 69.5. The Morgan fingerprint density at radius 3 is 2.27 bits per heavy atom. The molecular formula is C27H29F3N2O4S. The molecule has 0 heterocycles. The van der Waals surface area contributed by atoms with Crippen LogP contribution in [0.5, 0.6) is 5.75 Å². The maximum absolute atomic E-state index is 13.0. The number of hydrogen-bond acceptors (Lipinski definition) is 4. The predicted molar refractivity (Wildman–Crippen MR) is 136 cm³/mol. The van der Waals surface area contributed by atoms with E-state index in [1.165, 1.54) is 12.1 Å². The molecular weight excluding hydrogens is 505 g/mol. The maximum Gasteiger partial charge on any atom is 0.416 e. The smallest absolute Gasteiger partial charge is 0.379 e. The van der Waals surface area contributed by atoms with Gasteiger partial charge in [0.1, 0.15) is 10.6 Å². The fourth-order valence-corrected chi connectivity index (χ4v) is 4.57. The fourth-order valence-electron chi connectivity index (χ4n) is 3.61.